The van der Waals surface area contributed by atoms with E-state index in [2.05, 4.69) is 42.3 Å². The van der Waals surface area contributed by atoms with Crippen molar-refractivity contribution in [3.63, 3.8) is 0 Å². The minimum Gasteiger partial charge on any atom is -0.378 e. The average molecular weight is 245 g/mol. The molecule has 1 saturated heterocycles. The van der Waals surface area contributed by atoms with Gasteiger partial charge in [0.1, 0.15) is 0 Å². The van der Waals surface area contributed by atoms with Gasteiger partial charge < -0.3 is 9.64 Å². The summed E-state index contributed by atoms with van der Waals surface area (Å²) in [6.45, 7) is 12.7. The SMILES string of the molecule is C=CC.C=CCc1ccc(N2CCOCC2)cc1. The summed E-state index contributed by atoms with van der Waals surface area (Å²) in [6.07, 6.45) is 4.63. The van der Waals surface area contributed by atoms with E-state index < -0.39 is 0 Å². The Bertz CT molecular complexity index is 350. The Balaban J connectivity index is 0.000000492. The van der Waals surface area contributed by atoms with E-state index in [0.29, 0.717) is 0 Å². The minimum absolute atomic E-state index is 0.842. The molecule has 2 nitrogen and oxygen atoms in total. The Kier molecular flexibility index (Phi) is 6.89. The van der Waals surface area contributed by atoms with Crippen LogP contribution in [0.5, 0.6) is 0 Å². The number of hydrogen-bond donors (Lipinski definition) is 0. The summed E-state index contributed by atoms with van der Waals surface area (Å²) < 4.78 is 5.33. The quantitative estimate of drug-likeness (QED) is 0.756. The molecule has 0 spiro atoms. The van der Waals surface area contributed by atoms with Crippen LogP contribution in [0.3, 0.4) is 0 Å². The van der Waals surface area contributed by atoms with Gasteiger partial charge >= 0.3 is 0 Å². The Morgan fingerprint density at radius 2 is 1.72 bits per heavy atom. The van der Waals surface area contributed by atoms with Crippen LogP contribution in [0.4, 0.5) is 5.69 Å². The number of benzene rings is 1. The van der Waals surface area contributed by atoms with Gasteiger partial charge in [0.25, 0.3) is 0 Å². The van der Waals surface area contributed by atoms with E-state index in [0.717, 1.165) is 32.7 Å². The van der Waals surface area contributed by atoms with Crippen LogP contribution in [-0.4, -0.2) is 26.3 Å². The second-order valence-corrected chi connectivity index (χ2v) is 4.17. The molecule has 1 heterocycles. The molecule has 18 heavy (non-hydrogen) atoms. The van der Waals surface area contributed by atoms with E-state index in [9.17, 15) is 0 Å². The maximum absolute atomic E-state index is 5.33. The van der Waals surface area contributed by atoms with Crippen LogP contribution >= 0.6 is 0 Å². The van der Waals surface area contributed by atoms with Crippen LogP contribution in [0.15, 0.2) is 49.6 Å². The predicted octanol–water partition coefficient (Wildman–Crippen LogP) is 3.44. The number of nitrogens with zero attached hydrogens (tertiary/aromatic N) is 1. The first kappa shape index (κ1) is 14.5. The molecule has 2 rings (SSSR count). The van der Waals surface area contributed by atoms with Gasteiger partial charge in [-0.25, -0.2) is 0 Å². The topological polar surface area (TPSA) is 12.5 Å². The average Bonchev–Trinajstić information content (AvgIpc) is 2.42. The molecule has 0 aromatic heterocycles. The first-order valence-corrected chi connectivity index (χ1v) is 6.41. The van der Waals surface area contributed by atoms with Crippen molar-refractivity contribution in [1.29, 1.82) is 0 Å². The molecule has 2 heteroatoms. The molecule has 1 aromatic rings. The molecule has 98 valence electrons. The Morgan fingerprint density at radius 3 is 2.22 bits per heavy atom. The van der Waals surface area contributed by atoms with Crippen molar-refractivity contribution >= 4 is 5.69 Å². The van der Waals surface area contributed by atoms with Gasteiger partial charge in [-0.3, -0.25) is 0 Å². The molecule has 1 aromatic carbocycles. The third-order valence-electron chi connectivity index (χ3n) is 2.69. The van der Waals surface area contributed by atoms with Crippen molar-refractivity contribution < 1.29 is 4.74 Å². The number of morpholine rings is 1. The maximum atomic E-state index is 5.33. The fourth-order valence-electron chi connectivity index (χ4n) is 1.83. The highest BCUT2D eigenvalue weighted by Crippen LogP contribution is 2.16. The Hall–Kier alpha value is -1.54. The van der Waals surface area contributed by atoms with Crippen molar-refractivity contribution in [3.8, 4) is 0 Å². The molecule has 1 aliphatic rings. The highest BCUT2D eigenvalue weighted by molar-refractivity contribution is 5.48. The van der Waals surface area contributed by atoms with E-state index in [-0.39, 0.29) is 0 Å². The second-order valence-electron chi connectivity index (χ2n) is 4.17. The molecule has 0 amide bonds. The van der Waals surface area contributed by atoms with E-state index in [1.54, 1.807) is 6.08 Å². The van der Waals surface area contributed by atoms with Crippen molar-refractivity contribution in [2.24, 2.45) is 0 Å². The predicted molar refractivity (Wildman–Crippen MR) is 79.2 cm³/mol. The third-order valence-corrected chi connectivity index (χ3v) is 2.69. The first-order valence-electron chi connectivity index (χ1n) is 6.41. The fraction of sp³-hybridized carbons (Fsp3) is 0.375. The van der Waals surface area contributed by atoms with Crippen LogP contribution in [0.25, 0.3) is 0 Å². The van der Waals surface area contributed by atoms with Gasteiger partial charge in [-0.15, -0.1) is 13.2 Å². The summed E-state index contributed by atoms with van der Waals surface area (Å²) in [7, 11) is 0. The molecule has 0 aliphatic carbocycles. The molecule has 0 bridgehead atoms. The van der Waals surface area contributed by atoms with Gasteiger partial charge in [0.05, 0.1) is 13.2 Å². The fourth-order valence-corrected chi connectivity index (χ4v) is 1.83. The van der Waals surface area contributed by atoms with Gasteiger partial charge in [0, 0.05) is 18.8 Å². The van der Waals surface area contributed by atoms with Gasteiger partial charge in [0.2, 0.25) is 0 Å². The largest absolute Gasteiger partial charge is 0.378 e. The normalized spacial score (nSPS) is 14.4. The monoisotopic (exact) mass is 245 g/mol. The lowest BCUT2D eigenvalue weighted by Gasteiger charge is -2.28. The second kappa shape index (κ2) is 8.54. The summed E-state index contributed by atoms with van der Waals surface area (Å²) in [5, 5.41) is 0. The lowest BCUT2D eigenvalue weighted by atomic mass is 10.1. The number of anilines is 1. The lowest BCUT2D eigenvalue weighted by Crippen LogP contribution is -2.36. The van der Waals surface area contributed by atoms with Crippen LogP contribution in [0.2, 0.25) is 0 Å². The number of hydrogen-bond acceptors (Lipinski definition) is 2. The van der Waals surface area contributed by atoms with Gasteiger partial charge in [-0.1, -0.05) is 24.3 Å². The summed E-state index contributed by atoms with van der Waals surface area (Å²) in [5.41, 5.74) is 2.62. The molecule has 0 atom stereocenters. The Labute approximate surface area is 111 Å². The zero-order valence-electron chi connectivity index (χ0n) is 11.3. The lowest BCUT2D eigenvalue weighted by molar-refractivity contribution is 0.122. The number of rotatable bonds is 3. The third kappa shape index (κ3) is 4.76. The van der Waals surface area contributed by atoms with E-state index in [1.165, 1.54) is 11.3 Å². The molecule has 1 fully saturated rings. The first-order chi connectivity index (χ1) is 8.81. The van der Waals surface area contributed by atoms with Crippen molar-refractivity contribution in [3.05, 3.63) is 55.1 Å². The van der Waals surface area contributed by atoms with Crippen LogP contribution < -0.4 is 4.90 Å². The smallest absolute Gasteiger partial charge is 0.0642 e. The molecular weight excluding hydrogens is 222 g/mol. The molecule has 0 saturated carbocycles. The maximum Gasteiger partial charge on any atom is 0.0642 e. The van der Waals surface area contributed by atoms with E-state index in [1.807, 2.05) is 13.0 Å². The van der Waals surface area contributed by atoms with Crippen LogP contribution in [0.1, 0.15) is 12.5 Å². The van der Waals surface area contributed by atoms with E-state index >= 15 is 0 Å². The summed E-state index contributed by atoms with van der Waals surface area (Å²) in [6, 6.07) is 8.72. The molecule has 0 N–H and O–H groups in total. The number of allylic oxidation sites excluding steroid dienone is 2. The van der Waals surface area contributed by atoms with Gasteiger partial charge in [-0.2, -0.15) is 0 Å². The zero-order chi connectivity index (χ0) is 13.2. The van der Waals surface area contributed by atoms with Gasteiger partial charge in [0.15, 0.2) is 0 Å². The molecule has 0 unspecified atom stereocenters. The molecule has 1 aliphatic heterocycles. The van der Waals surface area contributed by atoms with Crippen molar-refractivity contribution in [2.75, 3.05) is 31.2 Å². The summed E-state index contributed by atoms with van der Waals surface area (Å²) >= 11 is 0. The highest BCUT2D eigenvalue weighted by Gasteiger charge is 2.10. The molecular formula is C16H23NO. The van der Waals surface area contributed by atoms with Crippen molar-refractivity contribution in [1.82, 2.24) is 0 Å². The van der Waals surface area contributed by atoms with Gasteiger partial charge in [-0.05, 0) is 31.0 Å². The summed E-state index contributed by atoms with van der Waals surface area (Å²) in [4.78, 5) is 2.36. The zero-order valence-corrected chi connectivity index (χ0v) is 11.3. The molecule has 0 radical (unpaired) electrons. The van der Waals surface area contributed by atoms with E-state index in [4.69, 9.17) is 4.74 Å². The van der Waals surface area contributed by atoms with Crippen LogP contribution in [-0.2, 0) is 11.2 Å². The summed E-state index contributed by atoms with van der Waals surface area (Å²) in [5.74, 6) is 0. The highest BCUT2D eigenvalue weighted by atomic mass is 16.5. The minimum atomic E-state index is 0.842. The van der Waals surface area contributed by atoms with Crippen molar-refractivity contribution in [2.45, 2.75) is 13.3 Å². The number of ether oxygens (including phenoxy) is 1. The standard InChI is InChI=1S/C13H17NO.C3H6/c1-2-3-12-4-6-13(7-5-12)14-8-10-15-11-9-14;1-3-2/h2,4-7H,1,3,8-11H2;3H,1H2,2H3. The van der Waals surface area contributed by atoms with Crippen LogP contribution in [0, 0.1) is 0 Å². The Morgan fingerprint density at radius 1 is 1.17 bits per heavy atom.